The van der Waals surface area contributed by atoms with Gasteiger partial charge in [0.15, 0.2) is 0 Å². The van der Waals surface area contributed by atoms with Gasteiger partial charge in [0, 0.05) is 44.2 Å². The molecule has 2 amide bonds. The van der Waals surface area contributed by atoms with Crippen LogP contribution in [0, 0.1) is 0 Å². The fourth-order valence-electron chi connectivity index (χ4n) is 3.83. The Labute approximate surface area is 195 Å². The Kier molecular flexibility index (Phi) is 9.53. The highest BCUT2D eigenvalue weighted by Crippen LogP contribution is 2.25. The molecule has 1 saturated heterocycles. The first-order valence-electron chi connectivity index (χ1n) is 11.2. The Balaban J connectivity index is 1.79. The summed E-state index contributed by atoms with van der Waals surface area (Å²) >= 11 is 6.03. The van der Waals surface area contributed by atoms with Crippen molar-refractivity contribution in [2.75, 3.05) is 39.4 Å². The molecule has 1 aliphatic rings. The minimum Gasteiger partial charge on any atom is -0.379 e. The normalized spacial score (nSPS) is 15.2. The first-order valence-corrected chi connectivity index (χ1v) is 11.6. The molecule has 7 heteroatoms. The fourth-order valence-corrected chi connectivity index (χ4v) is 3.96. The van der Waals surface area contributed by atoms with E-state index in [2.05, 4.69) is 10.2 Å². The van der Waals surface area contributed by atoms with Crippen LogP contribution in [0.4, 0.5) is 0 Å². The summed E-state index contributed by atoms with van der Waals surface area (Å²) in [6.45, 7) is 6.79. The SMILES string of the molecule is CCCC(=O)N(Cc1ccc(Cl)cc1)[C@H](C(=O)NCCN1CCOCC1)c1ccccc1. The molecule has 32 heavy (non-hydrogen) atoms. The molecule has 0 spiro atoms. The van der Waals surface area contributed by atoms with Crippen LogP contribution in [0.1, 0.15) is 36.9 Å². The number of benzene rings is 2. The zero-order valence-corrected chi connectivity index (χ0v) is 19.4. The molecule has 1 fully saturated rings. The second kappa shape index (κ2) is 12.6. The number of nitrogens with zero attached hydrogens (tertiary/aromatic N) is 2. The molecule has 1 aliphatic heterocycles. The molecule has 2 aromatic rings. The Morgan fingerprint density at radius 2 is 1.78 bits per heavy atom. The van der Waals surface area contributed by atoms with Gasteiger partial charge in [-0.3, -0.25) is 14.5 Å². The van der Waals surface area contributed by atoms with E-state index in [-0.39, 0.29) is 11.8 Å². The zero-order valence-electron chi connectivity index (χ0n) is 18.6. The van der Waals surface area contributed by atoms with Crippen molar-refractivity contribution in [3.8, 4) is 0 Å². The number of halogens is 1. The lowest BCUT2D eigenvalue weighted by atomic mass is 10.0. The fraction of sp³-hybridized carbons (Fsp3) is 0.440. The van der Waals surface area contributed by atoms with Crippen molar-refractivity contribution >= 4 is 23.4 Å². The van der Waals surface area contributed by atoms with Crippen LogP contribution in [-0.2, 0) is 20.9 Å². The molecule has 172 valence electrons. The number of amides is 2. The van der Waals surface area contributed by atoms with Crippen LogP contribution in [0.25, 0.3) is 0 Å². The van der Waals surface area contributed by atoms with Crippen molar-refractivity contribution in [2.45, 2.75) is 32.4 Å². The zero-order chi connectivity index (χ0) is 22.8. The van der Waals surface area contributed by atoms with Gasteiger partial charge in [-0.2, -0.15) is 0 Å². The third-order valence-corrected chi connectivity index (χ3v) is 5.81. The maximum absolute atomic E-state index is 13.4. The molecule has 0 saturated carbocycles. The number of ether oxygens (including phenoxy) is 1. The Hall–Kier alpha value is -2.41. The number of carbonyl (C=O) groups is 2. The van der Waals surface area contributed by atoms with Gasteiger partial charge in [-0.05, 0) is 29.7 Å². The highest BCUT2D eigenvalue weighted by atomic mass is 35.5. The minimum absolute atomic E-state index is 0.0420. The molecule has 1 N–H and O–H groups in total. The predicted molar refractivity (Wildman–Crippen MR) is 126 cm³/mol. The maximum atomic E-state index is 13.4. The average molecular weight is 458 g/mol. The van der Waals surface area contributed by atoms with Gasteiger partial charge < -0.3 is 15.0 Å². The number of morpholine rings is 1. The van der Waals surface area contributed by atoms with Gasteiger partial charge in [-0.25, -0.2) is 0 Å². The van der Waals surface area contributed by atoms with Crippen molar-refractivity contribution in [2.24, 2.45) is 0 Å². The highest BCUT2D eigenvalue weighted by molar-refractivity contribution is 6.30. The van der Waals surface area contributed by atoms with Crippen LogP contribution in [0.15, 0.2) is 54.6 Å². The molecule has 6 nitrogen and oxygen atoms in total. The second-order valence-electron chi connectivity index (χ2n) is 7.96. The van der Waals surface area contributed by atoms with Crippen LogP contribution in [0.3, 0.4) is 0 Å². The van der Waals surface area contributed by atoms with E-state index in [0.717, 1.165) is 50.4 Å². The number of nitrogens with one attached hydrogen (secondary N) is 1. The molecule has 3 rings (SSSR count). The lowest BCUT2D eigenvalue weighted by Gasteiger charge is -2.32. The van der Waals surface area contributed by atoms with Crippen molar-refractivity contribution in [3.05, 3.63) is 70.7 Å². The van der Waals surface area contributed by atoms with Gasteiger partial charge in [0.2, 0.25) is 11.8 Å². The molecular formula is C25H32ClN3O3. The van der Waals surface area contributed by atoms with E-state index < -0.39 is 6.04 Å². The van der Waals surface area contributed by atoms with Crippen LogP contribution in [0.2, 0.25) is 5.02 Å². The first kappa shape index (κ1) is 24.2. The quantitative estimate of drug-likeness (QED) is 0.591. The van der Waals surface area contributed by atoms with Gasteiger partial charge >= 0.3 is 0 Å². The monoisotopic (exact) mass is 457 g/mol. The minimum atomic E-state index is -0.699. The van der Waals surface area contributed by atoms with E-state index in [1.165, 1.54) is 0 Å². The van der Waals surface area contributed by atoms with Crippen molar-refractivity contribution in [1.29, 1.82) is 0 Å². The van der Waals surface area contributed by atoms with E-state index in [9.17, 15) is 9.59 Å². The molecule has 2 aromatic carbocycles. The van der Waals surface area contributed by atoms with Crippen LogP contribution in [0.5, 0.6) is 0 Å². The summed E-state index contributed by atoms with van der Waals surface area (Å²) in [4.78, 5) is 30.5. The predicted octanol–water partition coefficient (Wildman–Crippen LogP) is 3.66. The van der Waals surface area contributed by atoms with Crippen LogP contribution in [-0.4, -0.2) is 61.0 Å². The van der Waals surface area contributed by atoms with Crippen molar-refractivity contribution in [3.63, 3.8) is 0 Å². The lowest BCUT2D eigenvalue weighted by Crippen LogP contribution is -2.46. The standard InChI is InChI=1S/C25H32ClN3O3/c1-2-6-23(30)29(19-20-9-11-22(26)12-10-20)24(21-7-4-3-5-8-21)25(31)27-13-14-28-15-17-32-18-16-28/h3-5,7-12,24H,2,6,13-19H2,1H3,(H,27,31)/t24-/m0/s1. The van der Waals surface area contributed by atoms with Crippen molar-refractivity contribution in [1.82, 2.24) is 15.1 Å². The number of hydrogen-bond donors (Lipinski definition) is 1. The summed E-state index contributed by atoms with van der Waals surface area (Å²) in [6, 6.07) is 16.2. The largest absolute Gasteiger partial charge is 0.379 e. The first-order chi connectivity index (χ1) is 15.6. The molecule has 0 aromatic heterocycles. The topological polar surface area (TPSA) is 61.9 Å². The summed E-state index contributed by atoms with van der Waals surface area (Å²) in [6.07, 6.45) is 1.11. The van der Waals surface area contributed by atoms with Gasteiger partial charge in [-0.1, -0.05) is 61.0 Å². The van der Waals surface area contributed by atoms with Gasteiger partial charge in [0.05, 0.1) is 13.2 Å². The van der Waals surface area contributed by atoms with Gasteiger partial charge in [0.25, 0.3) is 0 Å². The summed E-state index contributed by atoms with van der Waals surface area (Å²) in [7, 11) is 0. The third kappa shape index (κ3) is 7.05. The van der Waals surface area contributed by atoms with E-state index >= 15 is 0 Å². The molecule has 1 atom stereocenters. The average Bonchev–Trinajstić information content (AvgIpc) is 2.81. The summed E-state index contributed by atoms with van der Waals surface area (Å²) in [5.74, 6) is -0.206. The summed E-state index contributed by atoms with van der Waals surface area (Å²) < 4.78 is 5.39. The van der Waals surface area contributed by atoms with E-state index in [1.807, 2.05) is 49.4 Å². The smallest absolute Gasteiger partial charge is 0.247 e. The van der Waals surface area contributed by atoms with Gasteiger partial charge in [-0.15, -0.1) is 0 Å². The molecular weight excluding hydrogens is 426 g/mol. The van der Waals surface area contributed by atoms with Crippen LogP contribution < -0.4 is 5.32 Å². The van der Waals surface area contributed by atoms with E-state index in [4.69, 9.17) is 16.3 Å². The van der Waals surface area contributed by atoms with Crippen LogP contribution >= 0.6 is 11.6 Å². The Morgan fingerprint density at radius 1 is 1.09 bits per heavy atom. The summed E-state index contributed by atoms with van der Waals surface area (Å²) in [5.41, 5.74) is 1.73. The lowest BCUT2D eigenvalue weighted by molar-refractivity contribution is -0.141. The molecule has 1 heterocycles. The molecule has 0 aliphatic carbocycles. The number of carbonyl (C=O) groups excluding carboxylic acids is 2. The van der Waals surface area contributed by atoms with E-state index in [1.54, 1.807) is 17.0 Å². The third-order valence-electron chi connectivity index (χ3n) is 5.56. The van der Waals surface area contributed by atoms with Crippen molar-refractivity contribution < 1.29 is 14.3 Å². The Morgan fingerprint density at radius 3 is 2.44 bits per heavy atom. The van der Waals surface area contributed by atoms with Gasteiger partial charge in [0.1, 0.15) is 6.04 Å². The molecule has 0 bridgehead atoms. The summed E-state index contributed by atoms with van der Waals surface area (Å²) in [5, 5.41) is 3.70. The highest BCUT2D eigenvalue weighted by Gasteiger charge is 2.31. The maximum Gasteiger partial charge on any atom is 0.247 e. The number of rotatable bonds is 10. The molecule has 0 unspecified atom stereocenters. The second-order valence-corrected chi connectivity index (χ2v) is 8.39. The van der Waals surface area contributed by atoms with E-state index in [0.29, 0.717) is 24.5 Å². The Bertz CT molecular complexity index is 854. The molecule has 0 radical (unpaired) electrons. The number of hydrogen-bond acceptors (Lipinski definition) is 4.